The SMILES string of the molecule is O=C(/C=C/C1CC1)Nc1ccccc1CNC(=O)c1cccnc1. The lowest BCUT2D eigenvalue weighted by atomic mass is 10.1. The van der Waals surface area contributed by atoms with Crippen LogP contribution in [0.1, 0.15) is 28.8 Å². The number of aromatic nitrogens is 1. The highest BCUT2D eigenvalue weighted by atomic mass is 16.2. The van der Waals surface area contributed by atoms with Gasteiger partial charge in [0, 0.05) is 24.6 Å². The quantitative estimate of drug-likeness (QED) is 0.804. The number of hydrogen-bond acceptors (Lipinski definition) is 3. The Labute approximate surface area is 140 Å². The van der Waals surface area contributed by atoms with Crippen molar-refractivity contribution < 1.29 is 9.59 Å². The van der Waals surface area contributed by atoms with E-state index >= 15 is 0 Å². The molecule has 2 N–H and O–H groups in total. The molecule has 0 atom stereocenters. The van der Waals surface area contributed by atoms with Crippen molar-refractivity contribution in [2.24, 2.45) is 5.92 Å². The predicted molar refractivity (Wildman–Crippen MR) is 92.3 cm³/mol. The van der Waals surface area contributed by atoms with Crippen molar-refractivity contribution >= 4 is 17.5 Å². The Hall–Kier alpha value is -2.95. The van der Waals surface area contributed by atoms with Gasteiger partial charge in [0.2, 0.25) is 5.91 Å². The molecule has 0 spiro atoms. The van der Waals surface area contributed by atoms with Gasteiger partial charge in [-0.2, -0.15) is 0 Å². The van der Waals surface area contributed by atoms with Crippen molar-refractivity contribution in [1.82, 2.24) is 10.3 Å². The number of nitrogens with zero attached hydrogens (tertiary/aromatic N) is 1. The maximum atomic E-state index is 12.1. The fourth-order valence-corrected chi connectivity index (χ4v) is 2.26. The molecule has 2 aromatic rings. The number of nitrogens with one attached hydrogen (secondary N) is 2. The zero-order valence-corrected chi connectivity index (χ0v) is 13.2. The third kappa shape index (κ3) is 4.52. The monoisotopic (exact) mass is 321 g/mol. The Kier molecular flexibility index (Phi) is 5.01. The molecule has 2 amide bonds. The topological polar surface area (TPSA) is 71.1 Å². The maximum absolute atomic E-state index is 12.1. The first-order valence-electron chi connectivity index (χ1n) is 7.97. The van der Waals surface area contributed by atoms with Gasteiger partial charge in [-0.3, -0.25) is 14.6 Å². The third-order valence-electron chi connectivity index (χ3n) is 3.78. The van der Waals surface area contributed by atoms with Crippen LogP contribution in [0.15, 0.2) is 60.9 Å². The highest BCUT2D eigenvalue weighted by Gasteiger charge is 2.17. The van der Waals surface area contributed by atoms with Gasteiger partial charge in [-0.15, -0.1) is 0 Å². The minimum atomic E-state index is -0.196. The molecule has 1 aliphatic rings. The molecule has 1 aromatic heterocycles. The molecule has 0 unspecified atom stereocenters. The Morgan fingerprint density at radius 3 is 2.75 bits per heavy atom. The molecule has 0 aliphatic heterocycles. The standard InChI is InChI=1S/C19H19N3O2/c23-18(10-9-14-7-8-14)22-17-6-2-1-4-15(17)13-21-19(24)16-5-3-11-20-12-16/h1-6,9-12,14H,7-8,13H2,(H,21,24)(H,22,23)/b10-9+. The molecule has 0 saturated heterocycles. The van der Waals surface area contributed by atoms with Crippen molar-refractivity contribution in [2.45, 2.75) is 19.4 Å². The summed E-state index contributed by atoms with van der Waals surface area (Å²) in [7, 11) is 0. The molecule has 1 aliphatic carbocycles. The Balaban J connectivity index is 1.61. The lowest BCUT2D eigenvalue weighted by molar-refractivity contribution is -0.111. The van der Waals surface area contributed by atoms with Crippen LogP contribution in [0.25, 0.3) is 0 Å². The smallest absolute Gasteiger partial charge is 0.253 e. The second kappa shape index (κ2) is 7.55. The summed E-state index contributed by atoms with van der Waals surface area (Å²) in [6, 6.07) is 10.9. The van der Waals surface area contributed by atoms with Crippen LogP contribution in [0.3, 0.4) is 0 Å². The second-order valence-electron chi connectivity index (χ2n) is 5.77. The van der Waals surface area contributed by atoms with E-state index in [1.165, 1.54) is 19.0 Å². The molecule has 5 nitrogen and oxygen atoms in total. The van der Waals surface area contributed by atoms with Crippen LogP contribution in [0.2, 0.25) is 0 Å². The summed E-state index contributed by atoms with van der Waals surface area (Å²) in [5, 5.41) is 5.71. The van der Waals surface area contributed by atoms with Gasteiger partial charge in [-0.25, -0.2) is 0 Å². The Bertz CT molecular complexity index is 752. The minimum absolute atomic E-state index is 0.145. The molecule has 0 radical (unpaired) electrons. The number of amides is 2. The van der Waals surface area contributed by atoms with Crippen LogP contribution in [-0.4, -0.2) is 16.8 Å². The molecular formula is C19H19N3O2. The molecule has 3 rings (SSSR count). The van der Waals surface area contributed by atoms with Gasteiger partial charge < -0.3 is 10.6 Å². The lowest BCUT2D eigenvalue weighted by Crippen LogP contribution is -2.23. The molecule has 1 heterocycles. The van der Waals surface area contributed by atoms with Crippen LogP contribution in [-0.2, 0) is 11.3 Å². The summed E-state index contributed by atoms with van der Waals surface area (Å²) in [5.74, 6) is 0.218. The van der Waals surface area contributed by atoms with Crippen LogP contribution in [0.5, 0.6) is 0 Å². The summed E-state index contributed by atoms with van der Waals surface area (Å²) < 4.78 is 0. The lowest BCUT2D eigenvalue weighted by Gasteiger charge is -2.11. The Morgan fingerprint density at radius 2 is 2.00 bits per heavy atom. The number of rotatable bonds is 6. The Morgan fingerprint density at radius 1 is 1.17 bits per heavy atom. The summed E-state index contributed by atoms with van der Waals surface area (Å²) in [6.45, 7) is 0.330. The minimum Gasteiger partial charge on any atom is -0.348 e. The average molecular weight is 321 g/mol. The van der Waals surface area contributed by atoms with Gasteiger partial charge in [0.1, 0.15) is 0 Å². The number of allylic oxidation sites excluding steroid dienone is 1. The maximum Gasteiger partial charge on any atom is 0.253 e. The fraction of sp³-hybridized carbons (Fsp3) is 0.211. The van der Waals surface area contributed by atoms with Gasteiger partial charge in [0.05, 0.1) is 5.56 Å². The number of para-hydroxylation sites is 1. The van der Waals surface area contributed by atoms with E-state index in [9.17, 15) is 9.59 Å². The second-order valence-corrected chi connectivity index (χ2v) is 5.77. The highest BCUT2D eigenvalue weighted by Crippen LogP contribution is 2.30. The number of anilines is 1. The van der Waals surface area contributed by atoms with Crippen molar-refractivity contribution in [1.29, 1.82) is 0 Å². The zero-order chi connectivity index (χ0) is 16.8. The molecule has 5 heteroatoms. The van der Waals surface area contributed by atoms with Gasteiger partial charge in [-0.1, -0.05) is 24.3 Å². The molecule has 1 saturated carbocycles. The van der Waals surface area contributed by atoms with Gasteiger partial charge in [0.25, 0.3) is 5.91 Å². The normalized spacial score (nSPS) is 13.7. The molecule has 24 heavy (non-hydrogen) atoms. The highest BCUT2D eigenvalue weighted by molar-refractivity contribution is 6.00. The van der Waals surface area contributed by atoms with E-state index in [4.69, 9.17) is 0 Å². The number of pyridine rings is 1. The van der Waals surface area contributed by atoms with Crippen molar-refractivity contribution in [2.75, 3.05) is 5.32 Å². The van der Waals surface area contributed by atoms with Crippen molar-refractivity contribution in [3.05, 3.63) is 72.1 Å². The largest absolute Gasteiger partial charge is 0.348 e. The predicted octanol–water partition coefficient (Wildman–Crippen LogP) is 2.92. The van der Waals surface area contributed by atoms with Crippen LogP contribution in [0.4, 0.5) is 5.69 Å². The molecule has 1 aromatic carbocycles. The molecule has 0 bridgehead atoms. The van der Waals surface area contributed by atoms with Gasteiger partial charge >= 0.3 is 0 Å². The summed E-state index contributed by atoms with van der Waals surface area (Å²) in [4.78, 5) is 28.0. The number of carbonyl (C=O) groups is 2. The fourth-order valence-electron chi connectivity index (χ4n) is 2.26. The molecular weight excluding hydrogens is 302 g/mol. The molecule has 122 valence electrons. The van der Waals surface area contributed by atoms with E-state index in [1.54, 1.807) is 24.4 Å². The first-order chi connectivity index (χ1) is 11.7. The van der Waals surface area contributed by atoms with Gasteiger partial charge in [-0.05, 0) is 48.6 Å². The first-order valence-corrected chi connectivity index (χ1v) is 7.97. The van der Waals surface area contributed by atoms with Crippen LogP contribution >= 0.6 is 0 Å². The number of benzene rings is 1. The first kappa shape index (κ1) is 15.9. The summed E-state index contributed by atoms with van der Waals surface area (Å²) in [5.41, 5.74) is 2.06. The number of carbonyl (C=O) groups excluding carboxylic acids is 2. The molecule has 1 fully saturated rings. The van der Waals surface area contributed by atoms with Crippen LogP contribution in [0, 0.1) is 5.92 Å². The van der Waals surface area contributed by atoms with E-state index in [0.29, 0.717) is 23.7 Å². The number of hydrogen-bond donors (Lipinski definition) is 2. The van der Waals surface area contributed by atoms with E-state index in [2.05, 4.69) is 15.6 Å². The van der Waals surface area contributed by atoms with Gasteiger partial charge in [0.15, 0.2) is 0 Å². The third-order valence-corrected chi connectivity index (χ3v) is 3.78. The van der Waals surface area contributed by atoms with E-state index in [-0.39, 0.29) is 11.8 Å². The average Bonchev–Trinajstić information content (AvgIpc) is 3.44. The summed E-state index contributed by atoms with van der Waals surface area (Å²) in [6.07, 6.45) is 9.01. The van der Waals surface area contributed by atoms with Crippen LogP contribution < -0.4 is 10.6 Å². The van der Waals surface area contributed by atoms with E-state index < -0.39 is 0 Å². The van der Waals surface area contributed by atoms with E-state index in [0.717, 1.165) is 5.56 Å². The van der Waals surface area contributed by atoms with Crippen molar-refractivity contribution in [3.63, 3.8) is 0 Å². The zero-order valence-electron chi connectivity index (χ0n) is 13.2. The van der Waals surface area contributed by atoms with Crippen molar-refractivity contribution in [3.8, 4) is 0 Å². The van der Waals surface area contributed by atoms with E-state index in [1.807, 2.05) is 30.3 Å². The summed E-state index contributed by atoms with van der Waals surface area (Å²) >= 11 is 0.